The molecular weight excluding hydrogens is 336 g/mol. The second kappa shape index (κ2) is 6.19. The van der Waals surface area contributed by atoms with Gasteiger partial charge >= 0.3 is 0 Å². The van der Waals surface area contributed by atoms with Gasteiger partial charge in [0.2, 0.25) is 0 Å². The number of hydrogen-bond donors (Lipinski definition) is 0. The molecule has 27 heavy (non-hydrogen) atoms. The number of carbonyl (C=O) groups excluding carboxylic acids is 2. The van der Waals surface area contributed by atoms with Crippen LogP contribution in [-0.2, 0) is 19.7 Å². The van der Waals surface area contributed by atoms with Crippen LogP contribution in [0.4, 0.5) is 0 Å². The Morgan fingerprint density at radius 2 is 1.48 bits per heavy atom. The van der Waals surface area contributed by atoms with Gasteiger partial charge in [0.25, 0.3) is 0 Å². The molecule has 0 aliphatic heterocycles. The molecule has 2 aromatic rings. The van der Waals surface area contributed by atoms with E-state index >= 15 is 0 Å². The summed E-state index contributed by atoms with van der Waals surface area (Å²) in [6, 6.07) is 19.4. The van der Waals surface area contributed by atoms with Gasteiger partial charge in [-0.1, -0.05) is 74.5 Å². The Kier molecular flexibility index (Phi) is 4.06. The number of benzene rings is 2. The van der Waals surface area contributed by atoms with Gasteiger partial charge in [0.1, 0.15) is 11.5 Å². The number of fused-ring (bicyclic) bond motifs is 1. The third-order valence-electron chi connectivity index (χ3n) is 5.94. The third-order valence-corrected chi connectivity index (χ3v) is 5.94. The lowest BCUT2D eigenvalue weighted by Crippen LogP contribution is -2.58. The van der Waals surface area contributed by atoms with Gasteiger partial charge in [-0.3, -0.25) is 9.59 Å². The molecule has 2 aliphatic carbocycles. The van der Waals surface area contributed by atoms with E-state index in [-0.39, 0.29) is 17.0 Å². The number of methoxy groups -OCH3 is 1. The number of hydrogen-bond acceptors (Lipinski definition) is 3. The van der Waals surface area contributed by atoms with E-state index in [0.29, 0.717) is 24.2 Å². The van der Waals surface area contributed by atoms with Crippen molar-refractivity contribution < 1.29 is 14.3 Å². The highest BCUT2D eigenvalue weighted by atomic mass is 16.5. The van der Waals surface area contributed by atoms with Gasteiger partial charge in [0.05, 0.1) is 24.0 Å². The van der Waals surface area contributed by atoms with Gasteiger partial charge in [-0.15, -0.1) is 0 Å². The Balaban J connectivity index is 2.03. The molecule has 2 aliphatic rings. The lowest BCUT2D eigenvalue weighted by Gasteiger charge is -2.49. The van der Waals surface area contributed by atoms with Crippen LogP contribution in [0.25, 0.3) is 0 Å². The standard InChI is InChI=1S/C24H24O3/c1-23(2)14-18(27-3)21-22(26)20(16-10-6-4-7-11-16)24(21,19(25)15-23)17-12-8-5-9-13-17/h4-13,20H,14-15H2,1-3H3. The SMILES string of the molecule is COC1=C2C(=O)C(c3ccccc3)C2(c2ccccc2)C(=O)CC(C)(C)C1. The molecule has 2 aromatic carbocycles. The lowest BCUT2D eigenvalue weighted by atomic mass is 9.48. The van der Waals surface area contributed by atoms with Crippen molar-refractivity contribution in [2.45, 2.75) is 38.0 Å². The molecule has 0 heterocycles. The number of carbonyl (C=O) groups is 2. The molecule has 0 spiro atoms. The molecule has 0 bridgehead atoms. The molecule has 0 aromatic heterocycles. The van der Waals surface area contributed by atoms with Crippen LogP contribution in [0.3, 0.4) is 0 Å². The summed E-state index contributed by atoms with van der Waals surface area (Å²) in [6.07, 6.45) is 1.00. The molecule has 1 fully saturated rings. The summed E-state index contributed by atoms with van der Waals surface area (Å²) >= 11 is 0. The van der Waals surface area contributed by atoms with Crippen molar-refractivity contribution in [2.75, 3.05) is 7.11 Å². The van der Waals surface area contributed by atoms with Crippen LogP contribution in [0.5, 0.6) is 0 Å². The van der Waals surface area contributed by atoms with Gasteiger partial charge in [-0.25, -0.2) is 0 Å². The molecule has 2 atom stereocenters. The predicted molar refractivity (Wildman–Crippen MR) is 104 cm³/mol. The van der Waals surface area contributed by atoms with Gasteiger partial charge in [-0.05, 0) is 16.5 Å². The van der Waals surface area contributed by atoms with Gasteiger partial charge < -0.3 is 4.74 Å². The maximum absolute atomic E-state index is 13.8. The fourth-order valence-electron chi connectivity index (χ4n) is 4.81. The Morgan fingerprint density at radius 3 is 2.07 bits per heavy atom. The van der Waals surface area contributed by atoms with Gasteiger partial charge in [-0.2, -0.15) is 0 Å². The zero-order valence-corrected chi connectivity index (χ0v) is 16.0. The summed E-state index contributed by atoms with van der Waals surface area (Å²) in [6.45, 7) is 4.13. The molecule has 0 radical (unpaired) electrons. The van der Waals surface area contributed by atoms with E-state index in [0.717, 1.165) is 11.1 Å². The summed E-state index contributed by atoms with van der Waals surface area (Å²) in [5.74, 6) is 0.275. The molecule has 1 saturated carbocycles. The maximum Gasteiger partial charge on any atom is 0.172 e. The zero-order valence-electron chi connectivity index (χ0n) is 16.0. The first-order valence-electron chi connectivity index (χ1n) is 9.37. The van der Waals surface area contributed by atoms with Crippen molar-refractivity contribution in [3.63, 3.8) is 0 Å². The van der Waals surface area contributed by atoms with Crippen LogP contribution in [-0.4, -0.2) is 18.7 Å². The summed E-state index contributed by atoms with van der Waals surface area (Å²) in [4.78, 5) is 27.1. The smallest absolute Gasteiger partial charge is 0.172 e. The third kappa shape index (κ3) is 2.48. The average Bonchev–Trinajstić information content (AvgIpc) is 2.73. The van der Waals surface area contributed by atoms with Gasteiger partial charge in [0.15, 0.2) is 5.78 Å². The van der Waals surface area contributed by atoms with Gasteiger partial charge in [0, 0.05) is 12.8 Å². The zero-order chi connectivity index (χ0) is 19.2. The molecule has 138 valence electrons. The van der Waals surface area contributed by atoms with Crippen molar-refractivity contribution >= 4 is 11.6 Å². The van der Waals surface area contributed by atoms with E-state index in [1.165, 1.54) is 0 Å². The highest BCUT2D eigenvalue weighted by Crippen LogP contribution is 2.61. The minimum absolute atomic E-state index is 0.00736. The first kappa shape index (κ1) is 17.7. The quantitative estimate of drug-likeness (QED) is 0.805. The van der Waals surface area contributed by atoms with Crippen molar-refractivity contribution in [3.8, 4) is 0 Å². The van der Waals surface area contributed by atoms with E-state index in [9.17, 15) is 9.59 Å². The molecule has 3 heteroatoms. The van der Waals surface area contributed by atoms with E-state index in [1.807, 2.05) is 60.7 Å². The van der Waals surface area contributed by atoms with Crippen molar-refractivity contribution in [3.05, 3.63) is 83.1 Å². The van der Waals surface area contributed by atoms with Crippen LogP contribution < -0.4 is 0 Å². The topological polar surface area (TPSA) is 43.4 Å². The van der Waals surface area contributed by atoms with E-state index in [4.69, 9.17) is 4.74 Å². The molecule has 0 amide bonds. The molecule has 4 rings (SSSR count). The van der Waals surface area contributed by atoms with E-state index in [2.05, 4.69) is 13.8 Å². The molecule has 0 saturated heterocycles. The molecule has 0 N–H and O–H groups in total. The maximum atomic E-state index is 13.8. The molecule has 3 nitrogen and oxygen atoms in total. The van der Waals surface area contributed by atoms with E-state index < -0.39 is 11.3 Å². The molecular formula is C24H24O3. The van der Waals surface area contributed by atoms with Crippen LogP contribution in [0.1, 0.15) is 43.7 Å². The van der Waals surface area contributed by atoms with Crippen LogP contribution in [0, 0.1) is 5.41 Å². The Bertz CT molecular complexity index is 925. The van der Waals surface area contributed by atoms with E-state index in [1.54, 1.807) is 7.11 Å². The number of Topliss-reactive ketones (excluding diaryl/α,β-unsaturated/α-hetero) is 2. The summed E-state index contributed by atoms with van der Waals surface area (Å²) < 4.78 is 5.70. The molecule has 2 unspecified atom stereocenters. The fourth-order valence-corrected chi connectivity index (χ4v) is 4.81. The number of allylic oxidation sites excluding steroid dienone is 2. The minimum atomic E-state index is -0.960. The highest BCUT2D eigenvalue weighted by molar-refractivity contribution is 6.23. The fraction of sp³-hybridized carbons (Fsp3) is 0.333. The summed E-state index contributed by atoms with van der Waals surface area (Å²) in [7, 11) is 1.60. The summed E-state index contributed by atoms with van der Waals surface area (Å²) in [5, 5.41) is 0. The first-order valence-corrected chi connectivity index (χ1v) is 9.37. The summed E-state index contributed by atoms with van der Waals surface area (Å²) in [5.41, 5.74) is 1.11. The first-order chi connectivity index (χ1) is 12.9. The van der Waals surface area contributed by atoms with Crippen molar-refractivity contribution in [2.24, 2.45) is 5.41 Å². The second-order valence-electron chi connectivity index (χ2n) is 8.33. The van der Waals surface area contributed by atoms with Crippen LogP contribution in [0.2, 0.25) is 0 Å². The van der Waals surface area contributed by atoms with Crippen molar-refractivity contribution in [1.82, 2.24) is 0 Å². The lowest BCUT2D eigenvalue weighted by molar-refractivity contribution is -0.136. The Hall–Kier alpha value is -2.68. The largest absolute Gasteiger partial charge is 0.501 e. The Morgan fingerprint density at radius 1 is 0.889 bits per heavy atom. The number of ketones is 2. The van der Waals surface area contributed by atoms with Crippen LogP contribution >= 0.6 is 0 Å². The number of ether oxygens (including phenoxy) is 1. The Labute approximate surface area is 160 Å². The predicted octanol–water partition coefficient (Wildman–Crippen LogP) is 4.58. The number of rotatable bonds is 3. The minimum Gasteiger partial charge on any atom is -0.501 e. The average molecular weight is 360 g/mol. The van der Waals surface area contributed by atoms with Crippen LogP contribution in [0.15, 0.2) is 72.0 Å². The normalized spacial score (nSPS) is 26.9. The van der Waals surface area contributed by atoms with Crippen molar-refractivity contribution in [1.29, 1.82) is 0 Å². The second-order valence-corrected chi connectivity index (χ2v) is 8.33. The monoisotopic (exact) mass is 360 g/mol. The highest BCUT2D eigenvalue weighted by Gasteiger charge is 2.66.